The normalized spacial score (nSPS) is 29.2. The van der Waals surface area contributed by atoms with E-state index in [1.807, 2.05) is 0 Å². The number of nitrogens with zero attached hydrogens (tertiary/aromatic N) is 2. The van der Waals surface area contributed by atoms with E-state index in [-0.39, 0.29) is 18.0 Å². The molecule has 0 aliphatic carbocycles. The van der Waals surface area contributed by atoms with Crippen LogP contribution in [-0.2, 0) is 19.3 Å². The number of carbonyl (C=O) groups excluding carboxylic acids is 2. The largest absolute Gasteiger partial charge is 0.479 e. The maximum Gasteiger partial charge on any atom is 0.345 e. The van der Waals surface area contributed by atoms with Crippen molar-refractivity contribution in [2.75, 3.05) is 26.3 Å². The Kier molecular flexibility index (Phi) is 5.17. The van der Waals surface area contributed by atoms with Crippen LogP contribution in [0.15, 0.2) is 0 Å². The van der Waals surface area contributed by atoms with Gasteiger partial charge in [-0.3, -0.25) is 14.5 Å². The van der Waals surface area contributed by atoms with E-state index in [0.29, 0.717) is 26.0 Å². The molecule has 0 saturated carbocycles. The molecule has 0 aromatic rings. The molecule has 3 aliphatic heterocycles. The van der Waals surface area contributed by atoms with E-state index in [0.717, 1.165) is 24.4 Å². The summed E-state index contributed by atoms with van der Waals surface area (Å²) in [5.74, 6) is -1.51. The van der Waals surface area contributed by atoms with E-state index in [1.165, 1.54) is 4.90 Å². The number of hydrogen-bond donors (Lipinski definition) is 3. The number of hydrogen-bond acceptors (Lipinski definition) is 6. The van der Waals surface area contributed by atoms with Crippen LogP contribution >= 0.6 is 0 Å². The Morgan fingerprint density at radius 2 is 2.17 bits per heavy atom. The number of nitrogens with one attached hydrogen (secondary N) is 2. The maximum atomic E-state index is 12.3. The van der Waals surface area contributed by atoms with Crippen LogP contribution in [0.1, 0.15) is 25.7 Å². The van der Waals surface area contributed by atoms with Crippen molar-refractivity contribution in [2.24, 2.45) is 0 Å². The van der Waals surface area contributed by atoms with Crippen molar-refractivity contribution in [3.8, 4) is 0 Å². The zero-order valence-corrected chi connectivity index (χ0v) is 13.3. The fraction of sp³-hybridized carbons (Fsp3) is 0.786. The summed E-state index contributed by atoms with van der Waals surface area (Å²) in [5, 5.41) is 13.0. The van der Waals surface area contributed by atoms with Crippen LogP contribution in [0, 0.1) is 0 Å². The third kappa shape index (κ3) is 3.60. The SMILES string of the molecule is O=C(O)CON1C(=O)N2C[C@H]1CC[C@@H]2C(=O)NOC[C@H]1CCCN1. The Morgan fingerprint density at radius 3 is 2.88 bits per heavy atom. The molecule has 134 valence electrons. The van der Waals surface area contributed by atoms with E-state index >= 15 is 0 Å². The molecular formula is C14H22N4O6. The van der Waals surface area contributed by atoms with Gasteiger partial charge in [0, 0.05) is 12.6 Å². The van der Waals surface area contributed by atoms with E-state index in [2.05, 4.69) is 10.8 Å². The van der Waals surface area contributed by atoms with Crippen LogP contribution in [0.25, 0.3) is 0 Å². The van der Waals surface area contributed by atoms with Crippen LogP contribution < -0.4 is 10.8 Å². The fourth-order valence-corrected chi connectivity index (χ4v) is 3.38. The van der Waals surface area contributed by atoms with Crippen LogP contribution in [0.5, 0.6) is 0 Å². The molecule has 3 atom stereocenters. The Hall–Kier alpha value is -1.91. The lowest BCUT2D eigenvalue weighted by Crippen LogP contribution is -2.50. The predicted octanol–water partition coefficient (Wildman–Crippen LogP) is -0.929. The second kappa shape index (κ2) is 7.32. The van der Waals surface area contributed by atoms with Crippen molar-refractivity contribution >= 4 is 17.9 Å². The average Bonchev–Trinajstić information content (AvgIpc) is 3.14. The quantitative estimate of drug-likeness (QED) is 0.511. The summed E-state index contributed by atoms with van der Waals surface area (Å²) < 4.78 is 0. The summed E-state index contributed by atoms with van der Waals surface area (Å²) in [6, 6.07) is -1.07. The van der Waals surface area contributed by atoms with Gasteiger partial charge in [0.1, 0.15) is 6.04 Å². The van der Waals surface area contributed by atoms with Gasteiger partial charge >= 0.3 is 12.0 Å². The first kappa shape index (κ1) is 16.9. The molecule has 0 aromatic heterocycles. The van der Waals surface area contributed by atoms with Crippen molar-refractivity contribution in [3.63, 3.8) is 0 Å². The number of aliphatic carboxylic acids is 1. The molecule has 3 fully saturated rings. The van der Waals surface area contributed by atoms with Gasteiger partial charge in [0.05, 0.1) is 12.6 Å². The maximum absolute atomic E-state index is 12.3. The van der Waals surface area contributed by atoms with E-state index in [9.17, 15) is 14.4 Å². The lowest BCUT2D eigenvalue weighted by molar-refractivity contribution is -0.167. The van der Waals surface area contributed by atoms with Crippen molar-refractivity contribution in [1.82, 2.24) is 20.8 Å². The molecule has 10 nitrogen and oxygen atoms in total. The van der Waals surface area contributed by atoms with Gasteiger partial charge in [0.25, 0.3) is 5.91 Å². The Bertz CT molecular complexity index is 509. The molecule has 3 saturated heterocycles. The first-order chi connectivity index (χ1) is 11.6. The Morgan fingerprint density at radius 1 is 1.33 bits per heavy atom. The number of urea groups is 1. The molecule has 0 aromatic carbocycles. The van der Waals surface area contributed by atoms with Crippen molar-refractivity contribution in [1.29, 1.82) is 0 Å². The summed E-state index contributed by atoms with van der Waals surface area (Å²) in [6.07, 6.45) is 3.17. The van der Waals surface area contributed by atoms with Crippen molar-refractivity contribution in [2.45, 2.75) is 43.8 Å². The molecule has 3 N–H and O–H groups in total. The smallest absolute Gasteiger partial charge is 0.345 e. The predicted molar refractivity (Wildman–Crippen MR) is 79.5 cm³/mol. The van der Waals surface area contributed by atoms with E-state index in [4.69, 9.17) is 14.8 Å². The lowest BCUT2D eigenvalue weighted by atomic mass is 10.0. The standard InChI is InChI=1S/C14H22N4O6/c19-12(20)8-24-18-10-3-4-11(17(6-10)14(18)22)13(21)16-23-7-9-2-1-5-15-9/h9-11,15H,1-8H2,(H,16,21)(H,19,20)/t9-,10-,11-/m1/s1. The third-order valence-corrected chi connectivity index (χ3v) is 4.57. The minimum absolute atomic E-state index is 0.218. The number of fused-ring (bicyclic) bond motifs is 2. The Labute approximate surface area is 138 Å². The second-order valence-electron chi connectivity index (χ2n) is 6.25. The molecule has 24 heavy (non-hydrogen) atoms. The van der Waals surface area contributed by atoms with Gasteiger partial charge in [-0.05, 0) is 32.2 Å². The second-order valence-corrected chi connectivity index (χ2v) is 6.25. The number of amides is 3. The first-order valence-electron chi connectivity index (χ1n) is 8.16. The van der Waals surface area contributed by atoms with Gasteiger partial charge in [0.15, 0.2) is 6.61 Å². The highest BCUT2D eigenvalue weighted by atomic mass is 16.7. The third-order valence-electron chi connectivity index (χ3n) is 4.57. The molecule has 0 spiro atoms. The molecule has 3 rings (SSSR count). The van der Waals surface area contributed by atoms with E-state index < -0.39 is 24.6 Å². The highest BCUT2D eigenvalue weighted by Crippen LogP contribution is 2.30. The molecule has 0 radical (unpaired) electrons. The number of piperidine rings is 1. The number of rotatable bonds is 7. The summed E-state index contributed by atoms with van der Waals surface area (Å²) >= 11 is 0. The Balaban J connectivity index is 1.49. The van der Waals surface area contributed by atoms with Gasteiger partial charge in [-0.1, -0.05) is 0 Å². The van der Waals surface area contributed by atoms with Crippen LogP contribution in [0.4, 0.5) is 4.79 Å². The summed E-state index contributed by atoms with van der Waals surface area (Å²) in [6.45, 7) is 1.12. The topological polar surface area (TPSA) is 120 Å². The van der Waals surface area contributed by atoms with Crippen LogP contribution in [-0.4, -0.2) is 77.4 Å². The number of carboxylic acid groups (broad SMARTS) is 1. The molecule has 3 heterocycles. The monoisotopic (exact) mass is 342 g/mol. The highest BCUT2D eigenvalue weighted by Gasteiger charge is 2.48. The molecule has 10 heteroatoms. The van der Waals surface area contributed by atoms with Gasteiger partial charge in [0.2, 0.25) is 0 Å². The van der Waals surface area contributed by atoms with Gasteiger partial charge in [-0.2, -0.15) is 5.06 Å². The number of carboxylic acids is 1. The first-order valence-corrected chi connectivity index (χ1v) is 8.16. The average molecular weight is 342 g/mol. The minimum Gasteiger partial charge on any atom is -0.479 e. The highest BCUT2D eigenvalue weighted by molar-refractivity contribution is 5.88. The zero-order valence-electron chi connectivity index (χ0n) is 13.3. The lowest BCUT2D eigenvalue weighted by Gasteiger charge is -2.29. The fourth-order valence-electron chi connectivity index (χ4n) is 3.38. The number of carbonyl (C=O) groups is 3. The van der Waals surface area contributed by atoms with Gasteiger partial charge < -0.3 is 15.3 Å². The zero-order chi connectivity index (χ0) is 17.1. The molecule has 3 amide bonds. The molecule has 2 bridgehead atoms. The minimum atomic E-state index is -1.15. The number of hydroxylamine groups is 3. The summed E-state index contributed by atoms with van der Waals surface area (Å²) in [4.78, 5) is 46.9. The van der Waals surface area contributed by atoms with Gasteiger partial charge in [-0.15, -0.1) is 0 Å². The molecule has 0 unspecified atom stereocenters. The van der Waals surface area contributed by atoms with Crippen LogP contribution in [0.3, 0.4) is 0 Å². The van der Waals surface area contributed by atoms with Crippen molar-refractivity contribution in [3.05, 3.63) is 0 Å². The molecular weight excluding hydrogens is 320 g/mol. The van der Waals surface area contributed by atoms with Crippen LogP contribution in [0.2, 0.25) is 0 Å². The summed E-state index contributed by atoms with van der Waals surface area (Å²) in [7, 11) is 0. The summed E-state index contributed by atoms with van der Waals surface area (Å²) in [5.41, 5.74) is 2.42. The van der Waals surface area contributed by atoms with Gasteiger partial charge in [-0.25, -0.2) is 15.1 Å². The molecule has 3 aliphatic rings. The van der Waals surface area contributed by atoms with E-state index in [1.54, 1.807) is 0 Å². The van der Waals surface area contributed by atoms with Crippen molar-refractivity contribution < 1.29 is 29.2 Å².